The Kier molecular flexibility index (Phi) is 4.85. The summed E-state index contributed by atoms with van der Waals surface area (Å²) in [4.78, 5) is 24.3. The topological polar surface area (TPSA) is 113 Å². The Bertz CT molecular complexity index is 843. The minimum atomic E-state index is -2.03. The van der Waals surface area contributed by atoms with Crippen LogP contribution < -0.4 is 0 Å². The van der Waals surface area contributed by atoms with Gasteiger partial charge in [-0.15, -0.1) is 6.42 Å². The zero-order valence-corrected chi connectivity index (χ0v) is 17.6. The molecule has 30 heavy (non-hydrogen) atoms. The summed E-state index contributed by atoms with van der Waals surface area (Å²) in [7, 11) is 1.27. The highest BCUT2D eigenvalue weighted by atomic mass is 16.7. The zero-order chi connectivity index (χ0) is 22.1. The quantitative estimate of drug-likeness (QED) is 0.337. The number of ether oxygens (including phenoxy) is 2. The first-order valence-electron chi connectivity index (χ1n) is 10.6. The molecule has 0 spiro atoms. The van der Waals surface area contributed by atoms with Crippen LogP contribution in [0.2, 0.25) is 0 Å². The fourth-order valence-electron chi connectivity index (χ4n) is 7.04. The number of hydrogen-bond donors (Lipinski definition) is 3. The Balaban J connectivity index is 1.70. The van der Waals surface area contributed by atoms with Crippen LogP contribution in [0, 0.1) is 40.9 Å². The van der Waals surface area contributed by atoms with E-state index in [9.17, 15) is 24.9 Å². The number of terminal acetylenes is 1. The Morgan fingerprint density at radius 3 is 2.60 bits per heavy atom. The van der Waals surface area contributed by atoms with Crippen LogP contribution in [0.4, 0.5) is 4.79 Å². The van der Waals surface area contributed by atoms with Crippen LogP contribution in [-0.2, 0) is 14.3 Å². The van der Waals surface area contributed by atoms with Gasteiger partial charge in [-0.3, -0.25) is 4.79 Å². The largest absolute Gasteiger partial charge is 0.508 e. The van der Waals surface area contributed by atoms with Gasteiger partial charge in [0.15, 0.2) is 5.60 Å². The van der Waals surface area contributed by atoms with Gasteiger partial charge in [0.2, 0.25) is 5.78 Å². The number of aliphatic hydroxyl groups is 3. The third kappa shape index (κ3) is 2.57. The summed E-state index contributed by atoms with van der Waals surface area (Å²) in [5.41, 5.74) is -2.24. The van der Waals surface area contributed by atoms with Crippen molar-refractivity contribution in [2.45, 2.75) is 69.9 Å². The van der Waals surface area contributed by atoms with Gasteiger partial charge in [0.25, 0.3) is 0 Å². The molecule has 164 valence electrons. The SMILES string of the molecule is C#C[C@]1(O)C(=O)[C@H](O)C2C3C(CC[C@@]21C)[C@@]1(C)CC[C@H](OC(=O)OC)CC1=C[C@@H]3O. The molecule has 4 aliphatic carbocycles. The normalized spacial score (nSPS) is 49.8. The lowest BCUT2D eigenvalue weighted by molar-refractivity contribution is -0.143. The third-order valence-corrected chi connectivity index (χ3v) is 8.77. The molecule has 9 atom stereocenters. The minimum Gasteiger partial charge on any atom is -0.438 e. The number of carbonyl (C=O) groups is 2. The van der Waals surface area contributed by atoms with Crippen molar-refractivity contribution in [1.82, 2.24) is 0 Å². The fourth-order valence-corrected chi connectivity index (χ4v) is 7.04. The third-order valence-electron chi connectivity index (χ3n) is 8.77. The number of carbonyl (C=O) groups excluding carboxylic acids is 2. The Hall–Kier alpha value is -1.88. The van der Waals surface area contributed by atoms with Crippen LogP contribution in [-0.4, -0.2) is 58.3 Å². The highest BCUT2D eigenvalue weighted by Gasteiger charge is 2.72. The second-order valence-corrected chi connectivity index (χ2v) is 9.87. The molecule has 7 nitrogen and oxygen atoms in total. The number of ketones is 1. The number of fused-ring (bicyclic) bond motifs is 5. The maximum absolute atomic E-state index is 12.7. The number of rotatable bonds is 1. The number of Topliss-reactive ketones (excluding diaryl/α,β-unsaturated/α-hetero) is 1. The van der Waals surface area contributed by atoms with Crippen LogP contribution >= 0.6 is 0 Å². The summed E-state index contributed by atoms with van der Waals surface area (Å²) in [5.74, 6) is 0.521. The van der Waals surface area contributed by atoms with Crippen LogP contribution in [0.15, 0.2) is 11.6 Å². The summed E-state index contributed by atoms with van der Waals surface area (Å²) >= 11 is 0. The van der Waals surface area contributed by atoms with E-state index >= 15 is 0 Å². The smallest absolute Gasteiger partial charge is 0.438 e. The maximum Gasteiger partial charge on any atom is 0.508 e. The van der Waals surface area contributed by atoms with Gasteiger partial charge in [0.1, 0.15) is 12.2 Å². The second kappa shape index (κ2) is 6.81. The van der Waals surface area contributed by atoms with Crippen molar-refractivity contribution in [3.05, 3.63) is 11.6 Å². The highest BCUT2D eigenvalue weighted by Crippen LogP contribution is 2.66. The monoisotopic (exact) mass is 418 g/mol. The predicted octanol–water partition coefficient (Wildman–Crippen LogP) is 1.59. The average Bonchev–Trinajstić information content (AvgIpc) is 2.87. The first kappa shape index (κ1) is 21.4. The summed E-state index contributed by atoms with van der Waals surface area (Å²) in [5, 5.41) is 32.9. The van der Waals surface area contributed by atoms with Gasteiger partial charge in [-0.25, -0.2) is 4.79 Å². The molecule has 3 N–H and O–H groups in total. The molecule has 7 heteroatoms. The molecule has 0 saturated heterocycles. The van der Waals surface area contributed by atoms with E-state index < -0.39 is 47.0 Å². The van der Waals surface area contributed by atoms with E-state index in [0.717, 1.165) is 12.0 Å². The predicted molar refractivity (Wildman–Crippen MR) is 106 cm³/mol. The van der Waals surface area contributed by atoms with E-state index in [2.05, 4.69) is 17.6 Å². The van der Waals surface area contributed by atoms with E-state index in [0.29, 0.717) is 25.7 Å². The van der Waals surface area contributed by atoms with Crippen molar-refractivity contribution in [3.63, 3.8) is 0 Å². The van der Waals surface area contributed by atoms with Gasteiger partial charge >= 0.3 is 6.16 Å². The van der Waals surface area contributed by atoms with Crippen molar-refractivity contribution in [2.75, 3.05) is 7.11 Å². The number of methoxy groups -OCH3 is 1. The van der Waals surface area contributed by atoms with E-state index in [1.54, 1.807) is 13.0 Å². The Morgan fingerprint density at radius 1 is 1.27 bits per heavy atom. The minimum absolute atomic E-state index is 0.0206. The Morgan fingerprint density at radius 2 is 1.97 bits per heavy atom. The van der Waals surface area contributed by atoms with Crippen molar-refractivity contribution in [2.24, 2.45) is 28.6 Å². The summed E-state index contributed by atoms with van der Waals surface area (Å²) in [6.07, 6.45) is 7.14. The molecule has 4 rings (SSSR count). The lowest BCUT2D eigenvalue weighted by Crippen LogP contribution is -2.58. The molecule has 3 fully saturated rings. The van der Waals surface area contributed by atoms with Crippen LogP contribution in [0.25, 0.3) is 0 Å². The van der Waals surface area contributed by atoms with E-state index in [1.165, 1.54) is 7.11 Å². The lowest BCUT2D eigenvalue weighted by Gasteiger charge is -2.59. The van der Waals surface area contributed by atoms with Crippen LogP contribution in [0.1, 0.15) is 46.0 Å². The molecular weight excluding hydrogens is 388 g/mol. The van der Waals surface area contributed by atoms with Crippen molar-refractivity contribution >= 4 is 11.9 Å². The molecule has 0 aromatic rings. The lowest BCUT2D eigenvalue weighted by atomic mass is 9.46. The van der Waals surface area contributed by atoms with Gasteiger partial charge < -0.3 is 24.8 Å². The summed E-state index contributed by atoms with van der Waals surface area (Å²) in [6, 6.07) is 0. The molecule has 3 unspecified atom stereocenters. The first-order valence-corrected chi connectivity index (χ1v) is 10.6. The molecule has 3 saturated carbocycles. The van der Waals surface area contributed by atoms with Gasteiger partial charge in [-0.05, 0) is 42.9 Å². The Labute approximate surface area is 176 Å². The molecular formula is C23H30O7. The maximum atomic E-state index is 12.7. The molecule has 0 aromatic carbocycles. The zero-order valence-electron chi connectivity index (χ0n) is 17.6. The first-order chi connectivity index (χ1) is 14.0. The number of aliphatic hydroxyl groups excluding tert-OH is 2. The summed E-state index contributed by atoms with van der Waals surface area (Å²) in [6.45, 7) is 3.91. The van der Waals surface area contributed by atoms with Gasteiger partial charge in [0, 0.05) is 17.8 Å². The average molecular weight is 418 g/mol. The van der Waals surface area contributed by atoms with Crippen molar-refractivity contribution in [1.29, 1.82) is 0 Å². The molecule has 0 aromatic heterocycles. The van der Waals surface area contributed by atoms with E-state index in [4.69, 9.17) is 11.2 Å². The second-order valence-electron chi connectivity index (χ2n) is 9.87. The molecule has 0 radical (unpaired) electrons. The molecule has 0 aliphatic heterocycles. The highest BCUT2D eigenvalue weighted by molar-refractivity contribution is 5.98. The molecule has 0 bridgehead atoms. The molecule has 4 aliphatic rings. The van der Waals surface area contributed by atoms with Crippen LogP contribution in [0.3, 0.4) is 0 Å². The fraction of sp³-hybridized carbons (Fsp3) is 0.739. The standard InChI is InChI=1S/C23H30O7/c1-5-23(28)19(26)18(25)17-16-14(7-9-22(17,23)3)21(2)8-6-13(30-20(27)29-4)10-12(21)11-15(16)24/h1,11,13-18,24-25,28H,6-10H2,2-4H3/t13-,14?,15-,16?,17?,18+,21-,22-,23-/m0/s1. The van der Waals surface area contributed by atoms with E-state index in [1.807, 2.05) is 0 Å². The van der Waals surface area contributed by atoms with Crippen molar-refractivity contribution in [3.8, 4) is 12.3 Å². The van der Waals surface area contributed by atoms with Crippen LogP contribution in [0.5, 0.6) is 0 Å². The molecule has 0 amide bonds. The van der Waals surface area contributed by atoms with Gasteiger partial charge in [-0.2, -0.15) is 0 Å². The van der Waals surface area contributed by atoms with Crippen molar-refractivity contribution < 1.29 is 34.4 Å². The van der Waals surface area contributed by atoms with Gasteiger partial charge in [0.05, 0.1) is 13.2 Å². The van der Waals surface area contributed by atoms with Gasteiger partial charge in [-0.1, -0.05) is 31.4 Å². The van der Waals surface area contributed by atoms with E-state index in [-0.39, 0.29) is 17.4 Å². The number of hydrogen-bond acceptors (Lipinski definition) is 7. The summed E-state index contributed by atoms with van der Waals surface area (Å²) < 4.78 is 9.94. The molecule has 0 heterocycles.